The van der Waals surface area contributed by atoms with E-state index in [1.165, 1.54) is 23.5 Å². The van der Waals surface area contributed by atoms with E-state index in [2.05, 4.69) is 58.7 Å². The fourth-order valence-electron chi connectivity index (χ4n) is 7.72. The molecule has 1 fully saturated rings. The van der Waals surface area contributed by atoms with Crippen molar-refractivity contribution in [2.45, 2.75) is 106 Å². The van der Waals surface area contributed by atoms with E-state index >= 15 is 0 Å². The average molecular weight is 708 g/mol. The molecular weight excluding hydrogens is 657 g/mol. The van der Waals surface area contributed by atoms with E-state index in [1.54, 1.807) is 12.1 Å². The maximum absolute atomic E-state index is 14.8. The highest BCUT2D eigenvalue weighted by Crippen LogP contribution is 2.46. The Labute approximate surface area is 305 Å². The van der Waals surface area contributed by atoms with E-state index in [4.69, 9.17) is 18.9 Å². The molecule has 10 heteroatoms. The Morgan fingerprint density at radius 1 is 0.981 bits per heavy atom. The number of aryl methyl sites for hydroxylation is 2. The summed E-state index contributed by atoms with van der Waals surface area (Å²) in [4.78, 5) is 32.6. The lowest BCUT2D eigenvalue weighted by atomic mass is 9.81. The summed E-state index contributed by atoms with van der Waals surface area (Å²) in [5.41, 5.74) is 9.02. The number of hydrogen-bond donors (Lipinski definition) is 0. The molecule has 7 rings (SSSR count). The number of hydrogen-bond acceptors (Lipinski definition) is 9. The molecule has 0 spiro atoms. The maximum Gasteiger partial charge on any atom is 0.340 e. The molecule has 0 saturated carbocycles. The van der Waals surface area contributed by atoms with E-state index < -0.39 is 17.7 Å². The molecule has 0 N–H and O–H groups in total. The normalized spacial score (nSPS) is 16.8. The van der Waals surface area contributed by atoms with Crippen LogP contribution in [0.5, 0.6) is 0 Å². The smallest absolute Gasteiger partial charge is 0.340 e. The van der Waals surface area contributed by atoms with Crippen molar-refractivity contribution < 1.29 is 23.1 Å². The Morgan fingerprint density at radius 2 is 1.73 bits per heavy atom. The molecule has 274 valence electrons. The van der Waals surface area contributed by atoms with Gasteiger partial charge < -0.3 is 23.7 Å². The summed E-state index contributed by atoms with van der Waals surface area (Å²) in [6.45, 7) is 21.4. The van der Waals surface area contributed by atoms with Gasteiger partial charge in [-0.25, -0.2) is 19.2 Å². The minimum absolute atomic E-state index is 0.231. The number of carbonyl (C=O) groups excluding carboxylic acids is 1. The van der Waals surface area contributed by atoms with Gasteiger partial charge in [-0.05, 0) is 102 Å². The van der Waals surface area contributed by atoms with Crippen molar-refractivity contribution in [3.8, 4) is 11.1 Å². The number of anilines is 2. The molecule has 0 unspecified atom stereocenters. The van der Waals surface area contributed by atoms with E-state index in [9.17, 15) is 9.18 Å². The van der Waals surface area contributed by atoms with Gasteiger partial charge in [-0.2, -0.15) is 0 Å². The number of piperidine rings is 1. The quantitative estimate of drug-likeness (QED) is 0.154. The van der Waals surface area contributed by atoms with E-state index in [0.717, 1.165) is 66.1 Å². The Morgan fingerprint density at radius 3 is 2.44 bits per heavy atom. The van der Waals surface area contributed by atoms with Crippen LogP contribution in [0.25, 0.3) is 33.2 Å². The molecule has 0 bridgehead atoms. The number of carbonyl (C=O) groups is 1. The number of fused-ring (bicyclic) bond motifs is 4. The predicted molar refractivity (Wildman–Crippen MR) is 203 cm³/mol. The molecule has 1 saturated heterocycles. The summed E-state index contributed by atoms with van der Waals surface area (Å²) < 4.78 is 33.3. The van der Waals surface area contributed by atoms with Gasteiger partial charge in [-0.1, -0.05) is 38.1 Å². The predicted octanol–water partition coefficient (Wildman–Crippen LogP) is 9.19. The van der Waals surface area contributed by atoms with E-state index in [0.29, 0.717) is 41.0 Å². The minimum Gasteiger partial charge on any atom is -0.461 e. The van der Waals surface area contributed by atoms with Crippen LogP contribution in [-0.2, 0) is 27.2 Å². The molecule has 2 aliphatic rings. The first-order valence-corrected chi connectivity index (χ1v) is 18.4. The van der Waals surface area contributed by atoms with Gasteiger partial charge in [-0.3, -0.25) is 4.98 Å². The van der Waals surface area contributed by atoms with Gasteiger partial charge in [-0.15, -0.1) is 0 Å². The summed E-state index contributed by atoms with van der Waals surface area (Å²) in [5, 5.41) is 0.380. The second-order valence-electron chi connectivity index (χ2n) is 16.4. The third-order valence-corrected chi connectivity index (χ3v) is 10.3. The highest BCUT2D eigenvalue weighted by Gasteiger charge is 2.38. The molecule has 2 aromatic carbocycles. The molecule has 1 atom stereocenters. The summed E-state index contributed by atoms with van der Waals surface area (Å²) in [5.74, 6) is -0.103. The molecule has 5 heterocycles. The van der Waals surface area contributed by atoms with Crippen molar-refractivity contribution in [2.75, 3.05) is 29.4 Å². The fraction of sp³-hybridized carbons (Fsp3) is 0.476. The number of furan rings is 1. The molecule has 0 aliphatic carbocycles. The summed E-state index contributed by atoms with van der Waals surface area (Å²) in [7, 11) is 0. The highest BCUT2D eigenvalue weighted by molar-refractivity contribution is 6.06. The first kappa shape index (κ1) is 35.8. The third kappa shape index (κ3) is 6.85. The molecule has 0 amide bonds. The van der Waals surface area contributed by atoms with Crippen LogP contribution in [0, 0.1) is 25.1 Å². The van der Waals surface area contributed by atoms with Gasteiger partial charge in [0.1, 0.15) is 23.2 Å². The lowest BCUT2D eigenvalue weighted by molar-refractivity contribution is -0.171. The zero-order chi connectivity index (χ0) is 37.1. The molecule has 9 nitrogen and oxygen atoms in total. The molecule has 52 heavy (non-hydrogen) atoms. The van der Waals surface area contributed by atoms with Crippen molar-refractivity contribution in [3.05, 3.63) is 76.6 Å². The van der Waals surface area contributed by atoms with Crippen molar-refractivity contribution in [1.82, 2.24) is 15.0 Å². The van der Waals surface area contributed by atoms with E-state index in [1.807, 2.05) is 41.5 Å². The van der Waals surface area contributed by atoms with Crippen LogP contribution >= 0.6 is 0 Å². The van der Waals surface area contributed by atoms with Crippen molar-refractivity contribution >= 4 is 39.5 Å². The largest absolute Gasteiger partial charge is 0.461 e. The third-order valence-electron chi connectivity index (χ3n) is 10.3. The average Bonchev–Trinajstić information content (AvgIpc) is 3.46. The van der Waals surface area contributed by atoms with Crippen LogP contribution in [0.15, 0.2) is 47.1 Å². The lowest BCUT2D eigenvalue weighted by Crippen LogP contribution is -2.39. The highest BCUT2D eigenvalue weighted by atomic mass is 19.1. The summed E-state index contributed by atoms with van der Waals surface area (Å²) in [6.07, 6.45) is 3.09. The first-order valence-electron chi connectivity index (χ1n) is 18.4. The van der Waals surface area contributed by atoms with Gasteiger partial charge in [0, 0.05) is 48.7 Å². The zero-order valence-electron chi connectivity index (χ0n) is 31.9. The van der Waals surface area contributed by atoms with Gasteiger partial charge >= 0.3 is 5.97 Å². The van der Waals surface area contributed by atoms with Crippen molar-refractivity contribution in [1.29, 1.82) is 0 Å². The van der Waals surface area contributed by atoms with E-state index in [-0.39, 0.29) is 17.3 Å². The molecular formula is C42H50FN5O4. The standard InChI is InChI=1S/C42H50FN5O4/c1-24(2)50-40(49)37(52-41(5,6)7)33-26(4)46-25(3)32(36(33)47-19-16-42(8,9)17-20-47)28-13-14-29-22-48(18-15-27(29)21-28)39-38-35(44-23-45-39)34-30(43)11-10-12-31(34)51-38/h10-14,21,23-24,37H,15-20,22H2,1-9H3/t37-/m0/s1. The number of nitrogens with zero attached hydrogens (tertiary/aromatic N) is 5. The number of esters is 1. The van der Waals surface area contributed by atoms with Crippen LogP contribution in [0.1, 0.15) is 95.5 Å². The molecule has 3 aromatic heterocycles. The second-order valence-corrected chi connectivity index (χ2v) is 16.4. The van der Waals surface area contributed by atoms with Crippen LogP contribution in [0.2, 0.25) is 0 Å². The Bertz CT molecular complexity index is 2160. The number of pyridine rings is 1. The maximum atomic E-state index is 14.8. The molecule has 5 aromatic rings. The van der Waals surface area contributed by atoms with Gasteiger partial charge in [0.15, 0.2) is 17.5 Å². The SMILES string of the molecule is Cc1nc(C)c([C@H](OC(C)(C)C)C(=O)OC(C)C)c(N2CCC(C)(C)CC2)c1-c1ccc2c(c1)CCN(c1ncnc3c1oc1cccc(F)c13)C2. The van der Waals surface area contributed by atoms with Crippen molar-refractivity contribution in [3.63, 3.8) is 0 Å². The van der Waals surface area contributed by atoms with Crippen molar-refractivity contribution in [2.24, 2.45) is 5.41 Å². The monoisotopic (exact) mass is 707 g/mol. The minimum atomic E-state index is -0.943. The van der Waals surface area contributed by atoms with Crippen LogP contribution in [0.3, 0.4) is 0 Å². The number of rotatable bonds is 7. The Balaban J connectivity index is 1.31. The number of aromatic nitrogens is 3. The summed E-state index contributed by atoms with van der Waals surface area (Å²) in [6, 6.07) is 11.5. The molecule has 0 radical (unpaired) electrons. The number of halogens is 1. The van der Waals surface area contributed by atoms with Gasteiger partial charge in [0.05, 0.1) is 22.8 Å². The number of ether oxygens (including phenoxy) is 2. The first-order chi connectivity index (χ1) is 24.6. The Kier molecular flexibility index (Phi) is 9.26. The van der Waals surface area contributed by atoms with Gasteiger partial charge in [0.2, 0.25) is 0 Å². The zero-order valence-corrected chi connectivity index (χ0v) is 31.9. The van der Waals surface area contributed by atoms with Crippen LogP contribution in [0.4, 0.5) is 15.9 Å². The summed E-state index contributed by atoms with van der Waals surface area (Å²) >= 11 is 0. The van der Waals surface area contributed by atoms with Crippen LogP contribution < -0.4 is 9.80 Å². The topological polar surface area (TPSA) is 93.8 Å². The number of benzene rings is 2. The van der Waals surface area contributed by atoms with Crippen LogP contribution in [-0.4, -0.2) is 52.3 Å². The fourth-order valence-corrected chi connectivity index (χ4v) is 7.72. The second kappa shape index (κ2) is 13.4. The Hall–Kier alpha value is -4.57. The molecule has 2 aliphatic heterocycles. The lowest BCUT2D eigenvalue weighted by Gasteiger charge is -2.41. The van der Waals surface area contributed by atoms with Gasteiger partial charge in [0.25, 0.3) is 0 Å².